The van der Waals surface area contributed by atoms with Crippen LogP contribution in [0.5, 0.6) is 0 Å². The van der Waals surface area contributed by atoms with Gasteiger partial charge in [0.1, 0.15) is 22.4 Å². The van der Waals surface area contributed by atoms with Gasteiger partial charge < -0.3 is 15.5 Å². The fourth-order valence-corrected chi connectivity index (χ4v) is 3.77. The van der Waals surface area contributed by atoms with Crippen LogP contribution in [0.2, 0.25) is 0 Å². The number of carbonyl (C=O) groups is 1. The lowest BCUT2D eigenvalue weighted by Crippen LogP contribution is -2.54. The minimum absolute atomic E-state index is 0.197. The number of nitrogens with one attached hydrogen (secondary N) is 2. The second-order valence-electron chi connectivity index (χ2n) is 5.60. The average molecular weight is 354 g/mol. The summed E-state index contributed by atoms with van der Waals surface area (Å²) >= 11 is 3.62. The molecule has 6 nitrogen and oxygen atoms in total. The number of rotatable bonds is 3. The molecule has 1 aromatic rings. The molecule has 2 saturated heterocycles. The Balaban J connectivity index is 1.76. The van der Waals surface area contributed by atoms with Gasteiger partial charge in [0.2, 0.25) is 5.91 Å². The van der Waals surface area contributed by atoms with Gasteiger partial charge >= 0.3 is 0 Å². The fourth-order valence-electron chi connectivity index (χ4n) is 3.17. The Hall–Kier alpha value is -1.37. The van der Waals surface area contributed by atoms with Crippen LogP contribution in [0.1, 0.15) is 26.2 Å². The summed E-state index contributed by atoms with van der Waals surface area (Å²) in [5, 5.41) is 6.35. The van der Waals surface area contributed by atoms with Crippen molar-refractivity contribution in [1.29, 1.82) is 0 Å². The Kier molecular flexibility index (Phi) is 4.28. The first-order valence-corrected chi connectivity index (χ1v) is 8.27. The third-order valence-corrected chi connectivity index (χ3v) is 4.97. The molecule has 21 heavy (non-hydrogen) atoms. The standard InChI is InChI=1S/C14H20BrN5O/c1-2-16-13-12(15)14(18-8-17-13)20-6-5-10-9(7-20)3-4-11(21)19-10/h8-10H,2-7H2,1H3,(H,19,21)(H,16,17,18). The molecule has 2 atom stereocenters. The molecule has 1 aromatic heterocycles. The maximum Gasteiger partial charge on any atom is 0.220 e. The summed E-state index contributed by atoms with van der Waals surface area (Å²) in [6.45, 7) is 4.71. The molecule has 0 spiro atoms. The molecule has 2 aliphatic heterocycles. The Labute approximate surface area is 132 Å². The van der Waals surface area contributed by atoms with E-state index in [-0.39, 0.29) is 5.91 Å². The topological polar surface area (TPSA) is 70.2 Å². The molecule has 2 fully saturated rings. The van der Waals surface area contributed by atoms with Crippen molar-refractivity contribution < 1.29 is 4.79 Å². The molecule has 7 heteroatoms. The molecular weight excluding hydrogens is 334 g/mol. The quantitative estimate of drug-likeness (QED) is 0.866. The summed E-state index contributed by atoms with van der Waals surface area (Å²) in [4.78, 5) is 22.5. The first-order chi connectivity index (χ1) is 10.2. The first-order valence-electron chi connectivity index (χ1n) is 7.47. The van der Waals surface area contributed by atoms with E-state index in [4.69, 9.17) is 0 Å². The molecule has 2 aliphatic rings. The molecule has 0 aliphatic carbocycles. The molecule has 2 unspecified atom stereocenters. The zero-order valence-electron chi connectivity index (χ0n) is 12.1. The van der Waals surface area contributed by atoms with Crippen molar-refractivity contribution in [2.45, 2.75) is 32.2 Å². The third-order valence-electron chi connectivity index (χ3n) is 4.24. The Morgan fingerprint density at radius 1 is 1.48 bits per heavy atom. The van der Waals surface area contributed by atoms with E-state index in [1.165, 1.54) is 0 Å². The number of amides is 1. The van der Waals surface area contributed by atoms with Gasteiger partial charge in [-0.3, -0.25) is 4.79 Å². The summed E-state index contributed by atoms with van der Waals surface area (Å²) in [5.41, 5.74) is 0. The smallest absolute Gasteiger partial charge is 0.220 e. The Morgan fingerprint density at radius 3 is 3.14 bits per heavy atom. The lowest BCUT2D eigenvalue weighted by Gasteiger charge is -2.42. The summed E-state index contributed by atoms with van der Waals surface area (Å²) in [6.07, 6.45) is 4.19. The van der Waals surface area contributed by atoms with Gasteiger partial charge in [-0.1, -0.05) is 0 Å². The number of carbonyl (C=O) groups excluding carboxylic acids is 1. The predicted molar refractivity (Wildman–Crippen MR) is 85.4 cm³/mol. The van der Waals surface area contributed by atoms with Gasteiger partial charge in [0.15, 0.2) is 0 Å². The van der Waals surface area contributed by atoms with Crippen LogP contribution in [0.25, 0.3) is 0 Å². The van der Waals surface area contributed by atoms with E-state index in [0.717, 1.165) is 48.6 Å². The normalized spacial score (nSPS) is 25.2. The van der Waals surface area contributed by atoms with Crippen molar-refractivity contribution in [3.8, 4) is 0 Å². The van der Waals surface area contributed by atoms with Crippen molar-refractivity contribution in [2.24, 2.45) is 5.92 Å². The summed E-state index contributed by atoms with van der Waals surface area (Å²) in [6, 6.07) is 0.330. The monoisotopic (exact) mass is 353 g/mol. The van der Waals surface area contributed by atoms with Gasteiger partial charge in [-0.2, -0.15) is 0 Å². The van der Waals surface area contributed by atoms with Crippen LogP contribution in [-0.4, -0.2) is 41.6 Å². The predicted octanol–water partition coefficient (Wildman–Crippen LogP) is 1.78. The van der Waals surface area contributed by atoms with E-state index in [9.17, 15) is 4.79 Å². The van der Waals surface area contributed by atoms with Crippen LogP contribution >= 0.6 is 15.9 Å². The maximum absolute atomic E-state index is 11.5. The number of anilines is 2. The zero-order chi connectivity index (χ0) is 14.8. The molecule has 3 heterocycles. The number of aromatic nitrogens is 2. The number of hydrogen-bond donors (Lipinski definition) is 2. The van der Waals surface area contributed by atoms with Gasteiger partial charge in [-0.25, -0.2) is 9.97 Å². The SMILES string of the molecule is CCNc1ncnc(N2CCC3NC(=O)CCC3C2)c1Br. The minimum Gasteiger partial charge on any atom is -0.369 e. The van der Waals surface area contributed by atoms with Crippen molar-refractivity contribution in [2.75, 3.05) is 29.9 Å². The lowest BCUT2D eigenvalue weighted by molar-refractivity contribution is -0.124. The molecule has 2 N–H and O–H groups in total. The van der Waals surface area contributed by atoms with Crippen LogP contribution in [0.3, 0.4) is 0 Å². The minimum atomic E-state index is 0.197. The summed E-state index contributed by atoms with van der Waals surface area (Å²) < 4.78 is 0.921. The molecule has 114 valence electrons. The van der Waals surface area contributed by atoms with Gasteiger partial charge in [0, 0.05) is 32.1 Å². The lowest BCUT2D eigenvalue weighted by atomic mass is 9.85. The van der Waals surface area contributed by atoms with E-state index in [1.807, 2.05) is 6.92 Å². The van der Waals surface area contributed by atoms with E-state index in [2.05, 4.69) is 41.4 Å². The number of piperidine rings is 2. The van der Waals surface area contributed by atoms with E-state index in [0.29, 0.717) is 18.4 Å². The highest BCUT2D eigenvalue weighted by atomic mass is 79.9. The number of hydrogen-bond acceptors (Lipinski definition) is 5. The highest BCUT2D eigenvalue weighted by Gasteiger charge is 2.34. The van der Waals surface area contributed by atoms with Crippen LogP contribution in [0, 0.1) is 5.92 Å². The van der Waals surface area contributed by atoms with Crippen LogP contribution in [0.4, 0.5) is 11.6 Å². The van der Waals surface area contributed by atoms with Crippen LogP contribution in [0.15, 0.2) is 10.8 Å². The van der Waals surface area contributed by atoms with E-state index in [1.54, 1.807) is 6.33 Å². The van der Waals surface area contributed by atoms with E-state index >= 15 is 0 Å². The second-order valence-corrected chi connectivity index (χ2v) is 6.39. The third kappa shape index (κ3) is 2.97. The number of nitrogens with zero attached hydrogens (tertiary/aromatic N) is 3. The van der Waals surface area contributed by atoms with Crippen molar-refractivity contribution in [1.82, 2.24) is 15.3 Å². The van der Waals surface area contributed by atoms with Gasteiger partial charge in [0.05, 0.1) is 0 Å². The summed E-state index contributed by atoms with van der Waals surface area (Å²) in [7, 11) is 0. The summed E-state index contributed by atoms with van der Waals surface area (Å²) in [5.74, 6) is 2.49. The maximum atomic E-state index is 11.5. The van der Waals surface area contributed by atoms with Crippen LogP contribution in [-0.2, 0) is 4.79 Å². The van der Waals surface area contributed by atoms with Crippen molar-refractivity contribution >= 4 is 33.5 Å². The van der Waals surface area contributed by atoms with Gasteiger partial charge in [-0.05, 0) is 41.6 Å². The highest BCUT2D eigenvalue weighted by Crippen LogP contribution is 2.33. The molecular formula is C14H20BrN5O. The van der Waals surface area contributed by atoms with Crippen LogP contribution < -0.4 is 15.5 Å². The fraction of sp³-hybridized carbons (Fsp3) is 0.643. The molecule has 0 aromatic carbocycles. The largest absolute Gasteiger partial charge is 0.369 e. The van der Waals surface area contributed by atoms with Gasteiger partial charge in [-0.15, -0.1) is 0 Å². The zero-order valence-corrected chi connectivity index (χ0v) is 13.7. The number of fused-ring (bicyclic) bond motifs is 1. The average Bonchev–Trinajstić information content (AvgIpc) is 2.49. The highest BCUT2D eigenvalue weighted by molar-refractivity contribution is 9.10. The van der Waals surface area contributed by atoms with Crippen molar-refractivity contribution in [3.63, 3.8) is 0 Å². The molecule has 0 radical (unpaired) electrons. The van der Waals surface area contributed by atoms with E-state index < -0.39 is 0 Å². The Morgan fingerprint density at radius 2 is 2.33 bits per heavy atom. The Bertz CT molecular complexity index is 538. The molecule has 0 bridgehead atoms. The first kappa shape index (κ1) is 14.6. The molecule has 1 amide bonds. The second kappa shape index (κ2) is 6.17. The number of halogens is 1. The molecule has 3 rings (SSSR count). The molecule has 0 saturated carbocycles. The van der Waals surface area contributed by atoms with Gasteiger partial charge in [0.25, 0.3) is 0 Å². The van der Waals surface area contributed by atoms with Crippen molar-refractivity contribution in [3.05, 3.63) is 10.8 Å².